The van der Waals surface area contributed by atoms with Crippen LogP contribution in [0, 0.1) is 6.92 Å². The van der Waals surface area contributed by atoms with Gasteiger partial charge < -0.3 is 15.2 Å². The third-order valence-electron chi connectivity index (χ3n) is 4.57. The van der Waals surface area contributed by atoms with Crippen molar-refractivity contribution in [1.82, 2.24) is 20.2 Å². The van der Waals surface area contributed by atoms with E-state index in [4.69, 9.17) is 12.2 Å². The molecule has 2 atom stereocenters. The topological polar surface area (TPSA) is 44.0 Å². The van der Waals surface area contributed by atoms with Crippen LogP contribution < -0.4 is 5.32 Å². The van der Waals surface area contributed by atoms with Crippen LogP contribution in [0.25, 0.3) is 0 Å². The van der Waals surface area contributed by atoms with Crippen molar-refractivity contribution in [3.8, 4) is 0 Å². The van der Waals surface area contributed by atoms with E-state index >= 15 is 0 Å². The molecule has 0 amide bonds. The monoisotopic (exact) mass is 348 g/mol. The molecule has 1 aliphatic heterocycles. The van der Waals surface area contributed by atoms with Crippen LogP contribution in [0.4, 0.5) is 0 Å². The Kier molecular flexibility index (Phi) is 4.24. The van der Waals surface area contributed by atoms with Gasteiger partial charge in [0.2, 0.25) is 0 Å². The van der Waals surface area contributed by atoms with Gasteiger partial charge in [-0.2, -0.15) is 0 Å². The summed E-state index contributed by atoms with van der Waals surface area (Å²) in [6, 6.07) is 20.8. The highest BCUT2D eigenvalue weighted by Crippen LogP contribution is 2.38. The van der Waals surface area contributed by atoms with Crippen LogP contribution >= 0.6 is 12.2 Å². The zero-order valence-corrected chi connectivity index (χ0v) is 14.8. The summed E-state index contributed by atoms with van der Waals surface area (Å²) in [7, 11) is 0. The second kappa shape index (κ2) is 6.69. The molecule has 3 aromatic rings. The molecule has 4 nitrogen and oxygen atoms in total. The van der Waals surface area contributed by atoms with E-state index in [-0.39, 0.29) is 12.1 Å². The van der Waals surface area contributed by atoms with E-state index in [1.54, 1.807) is 0 Å². The van der Waals surface area contributed by atoms with Crippen molar-refractivity contribution in [3.63, 3.8) is 0 Å². The van der Waals surface area contributed by atoms with Gasteiger partial charge in [0.15, 0.2) is 5.11 Å². The number of thiocarbonyl (C=S) groups is 1. The third-order valence-corrected chi connectivity index (χ3v) is 4.92. The molecule has 0 bridgehead atoms. The highest BCUT2D eigenvalue weighted by Gasteiger charge is 2.40. The molecule has 0 unspecified atom stereocenters. The third kappa shape index (κ3) is 3.15. The van der Waals surface area contributed by atoms with E-state index < -0.39 is 0 Å². The van der Waals surface area contributed by atoms with E-state index in [0.717, 1.165) is 28.7 Å². The van der Waals surface area contributed by atoms with E-state index in [1.165, 1.54) is 5.56 Å². The Balaban J connectivity index is 1.72. The van der Waals surface area contributed by atoms with E-state index in [0.29, 0.717) is 0 Å². The first kappa shape index (κ1) is 15.8. The van der Waals surface area contributed by atoms with Crippen LogP contribution in [0.15, 0.2) is 66.9 Å². The summed E-state index contributed by atoms with van der Waals surface area (Å²) in [4.78, 5) is 10.3. The molecule has 0 aliphatic carbocycles. The molecule has 5 heteroatoms. The van der Waals surface area contributed by atoms with Crippen LogP contribution in [0.1, 0.15) is 34.7 Å². The fraction of sp³-hybridized carbons (Fsp3) is 0.200. The Morgan fingerprint density at radius 1 is 1.04 bits per heavy atom. The van der Waals surface area contributed by atoms with Crippen LogP contribution in [0.5, 0.6) is 0 Å². The molecule has 1 saturated heterocycles. The van der Waals surface area contributed by atoms with Crippen molar-refractivity contribution >= 4 is 17.3 Å². The highest BCUT2D eigenvalue weighted by atomic mass is 32.1. The Morgan fingerprint density at radius 3 is 2.52 bits per heavy atom. The zero-order chi connectivity index (χ0) is 17.2. The van der Waals surface area contributed by atoms with Gasteiger partial charge in [-0.1, -0.05) is 36.4 Å². The number of aromatic nitrogens is 2. The molecule has 2 N–H and O–H groups in total. The Hall–Kier alpha value is -2.66. The number of H-pyrrole nitrogens is 1. The van der Waals surface area contributed by atoms with Gasteiger partial charge in [0.05, 0.1) is 17.8 Å². The predicted molar refractivity (Wildman–Crippen MR) is 103 cm³/mol. The molecule has 0 saturated carbocycles. The number of pyridine rings is 1. The molecule has 2 aromatic heterocycles. The first-order chi connectivity index (χ1) is 12.2. The summed E-state index contributed by atoms with van der Waals surface area (Å²) < 4.78 is 0. The second-order valence-electron chi connectivity index (χ2n) is 6.34. The lowest BCUT2D eigenvalue weighted by molar-refractivity contribution is 0.306. The van der Waals surface area contributed by atoms with Gasteiger partial charge in [-0.05, 0) is 49.0 Å². The molecular formula is C20H20N4S. The fourth-order valence-electron chi connectivity index (χ4n) is 3.39. The minimum Gasteiger partial charge on any atom is -0.361 e. The van der Waals surface area contributed by atoms with E-state index in [9.17, 15) is 0 Å². The van der Waals surface area contributed by atoms with Gasteiger partial charge in [-0.3, -0.25) is 4.98 Å². The lowest BCUT2D eigenvalue weighted by Gasteiger charge is -2.27. The average molecular weight is 348 g/mol. The SMILES string of the molecule is Cc1ccc([C@H]2[C@H](c3ccccn3)NC(=S)N2Cc2ccccc2)[nH]1. The maximum atomic E-state index is 5.67. The zero-order valence-electron chi connectivity index (χ0n) is 14.0. The van der Waals surface area contributed by atoms with Crippen molar-refractivity contribution in [3.05, 3.63) is 89.5 Å². The van der Waals surface area contributed by atoms with Crippen LogP contribution in [-0.2, 0) is 6.54 Å². The van der Waals surface area contributed by atoms with Gasteiger partial charge in [-0.15, -0.1) is 0 Å². The molecule has 1 fully saturated rings. The maximum Gasteiger partial charge on any atom is 0.170 e. The maximum absolute atomic E-state index is 5.67. The Bertz CT molecular complexity index is 860. The van der Waals surface area contributed by atoms with Gasteiger partial charge in [-0.25, -0.2) is 0 Å². The molecule has 0 radical (unpaired) electrons. The largest absolute Gasteiger partial charge is 0.361 e. The van der Waals surface area contributed by atoms with Crippen molar-refractivity contribution in [2.45, 2.75) is 25.6 Å². The van der Waals surface area contributed by atoms with Gasteiger partial charge in [0.25, 0.3) is 0 Å². The molecule has 1 aromatic carbocycles. The van der Waals surface area contributed by atoms with E-state index in [1.807, 2.05) is 24.4 Å². The van der Waals surface area contributed by atoms with Crippen LogP contribution in [-0.4, -0.2) is 20.0 Å². The normalized spacial score (nSPS) is 19.9. The van der Waals surface area contributed by atoms with Gasteiger partial charge in [0.1, 0.15) is 0 Å². The quantitative estimate of drug-likeness (QED) is 0.702. The minimum atomic E-state index is 0.0236. The lowest BCUT2D eigenvalue weighted by atomic mass is 10.0. The van der Waals surface area contributed by atoms with Gasteiger partial charge in [0, 0.05) is 24.1 Å². The number of hydrogen-bond donors (Lipinski definition) is 2. The minimum absolute atomic E-state index is 0.0236. The molecule has 0 spiro atoms. The Labute approximate surface area is 152 Å². The van der Waals surface area contributed by atoms with Crippen molar-refractivity contribution < 1.29 is 0 Å². The second-order valence-corrected chi connectivity index (χ2v) is 6.72. The summed E-state index contributed by atoms with van der Waals surface area (Å²) in [6.45, 7) is 2.83. The summed E-state index contributed by atoms with van der Waals surface area (Å²) in [6.07, 6.45) is 1.83. The molecule has 25 heavy (non-hydrogen) atoms. The van der Waals surface area contributed by atoms with Crippen LogP contribution in [0.2, 0.25) is 0 Å². The standard InChI is InChI=1S/C20H20N4S/c1-14-10-11-17(22-14)19-18(16-9-5-6-12-21-16)23-20(25)24(19)13-15-7-3-2-4-8-15/h2-12,18-19,22H,13H2,1H3,(H,23,25)/t18-,19-/m0/s1. The van der Waals surface area contributed by atoms with Crippen molar-refractivity contribution in [1.29, 1.82) is 0 Å². The molecule has 3 heterocycles. The summed E-state index contributed by atoms with van der Waals surface area (Å²) in [5.74, 6) is 0. The number of nitrogens with zero attached hydrogens (tertiary/aromatic N) is 2. The number of rotatable bonds is 4. The first-order valence-corrected chi connectivity index (χ1v) is 8.81. The van der Waals surface area contributed by atoms with Crippen LogP contribution in [0.3, 0.4) is 0 Å². The molecule has 126 valence electrons. The van der Waals surface area contributed by atoms with Gasteiger partial charge >= 0.3 is 0 Å². The smallest absolute Gasteiger partial charge is 0.170 e. The fourth-order valence-corrected chi connectivity index (χ4v) is 3.70. The molecule has 4 rings (SSSR count). The number of nitrogens with one attached hydrogen (secondary N) is 2. The summed E-state index contributed by atoms with van der Waals surface area (Å²) in [5, 5.41) is 4.23. The van der Waals surface area contributed by atoms with Crippen molar-refractivity contribution in [2.24, 2.45) is 0 Å². The average Bonchev–Trinajstić information content (AvgIpc) is 3.20. The number of aromatic amines is 1. The van der Waals surface area contributed by atoms with Crippen molar-refractivity contribution in [2.75, 3.05) is 0 Å². The Morgan fingerprint density at radius 2 is 1.84 bits per heavy atom. The summed E-state index contributed by atoms with van der Waals surface area (Å²) >= 11 is 5.67. The predicted octanol–water partition coefficient (Wildman–Crippen LogP) is 3.89. The first-order valence-electron chi connectivity index (χ1n) is 8.40. The number of aryl methyl sites for hydroxylation is 1. The summed E-state index contributed by atoms with van der Waals surface area (Å²) in [5.41, 5.74) is 4.53. The lowest BCUT2D eigenvalue weighted by Crippen LogP contribution is -2.29. The highest BCUT2D eigenvalue weighted by molar-refractivity contribution is 7.80. The van der Waals surface area contributed by atoms with E-state index in [2.05, 4.69) is 69.6 Å². The molecule has 1 aliphatic rings. The number of benzene rings is 1. The molecular weight excluding hydrogens is 328 g/mol. The number of hydrogen-bond acceptors (Lipinski definition) is 2.